The molecular formula is C6H12Cl2N2O2. The first-order valence-corrected chi connectivity index (χ1v) is 2.89. The number of hydrogen-bond donors (Lipinski definition) is 4. The van der Waals surface area contributed by atoms with Crippen LogP contribution in [0.4, 0.5) is 0 Å². The number of rotatable bonds is 0. The van der Waals surface area contributed by atoms with Crippen molar-refractivity contribution in [3.8, 4) is 0 Å². The third-order valence-electron chi connectivity index (χ3n) is 1.34. The van der Waals surface area contributed by atoms with Crippen molar-refractivity contribution in [1.29, 1.82) is 0 Å². The zero-order valence-corrected chi connectivity index (χ0v) is 7.86. The van der Waals surface area contributed by atoms with Crippen molar-refractivity contribution in [2.75, 3.05) is 0 Å². The van der Waals surface area contributed by atoms with Gasteiger partial charge in [-0.2, -0.15) is 0 Å². The van der Waals surface area contributed by atoms with Gasteiger partial charge in [0.15, 0.2) is 0 Å². The number of nitrogens with two attached hydrogens (primary N) is 2. The molecule has 72 valence electrons. The van der Waals surface area contributed by atoms with Crippen LogP contribution in [0.5, 0.6) is 0 Å². The number of aliphatic hydroxyl groups is 2. The number of allylic oxidation sites excluding steroid dienone is 1. The minimum atomic E-state index is -1.44. The summed E-state index contributed by atoms with van der Waals surface area (Å²) < 4.78 is 0. The Labute approximate surface area is 82.8 Å². The van der Waals surface area contributed by atoms with Crippen LogP contribution in [-0.4, -0.2) is 15.9 Å². The van der Waals surface area contributed by atoms with Crippen molar-refractivity contribution < 1.29 is 10.2 Å². The van der Waals surface area contributed by atoms with Crippen molar-refractivity contribution in [1.82, 2.24) is 0 Å². The maximum atomic E-state index is 9.10. The monoisotopic (exact) mass is 214 g/mol. The second-order valence-corrected chi connectivity index (χ2v) is 2.40. The van der Waals surface area contributed by atoms with Gasteiger partial charge in [0.05, 0.1) is 12.1 Å². The van der Waals surface area contributed by atoms with Gasteiger partial charge in [-0.25, -0.2) is 0 Å². The molecule has 0 fully saturated rings. The molecule has 4 nitrogen and oxygen atoms in total. The highest BCUT2D eigenvalue weighted by Crippen LogP contribution is 2.18. The normalized spacial score (nSPS) is 27.5. The van der Waals surface area contributed by atoms with Crippen molar-refractivity contribution in [3.05, 3.63) is 23.6 Å². The van der Waals surface area contributed by atoms with Crippen LogP contribution in [0.2, 0.25) is 0 Å². The molecule has 1 atom stereocenters. The summed E-state index contributed by atoms with van der Waals surface area (Å²) in [4.78, 5) is 0. The SMILES string of the molecule is Cl.Cl.NC1=C(O)CC(N)(O)C=C1. The van der Waals surface area contributed by atoms with Crippen molar-refractivity contribution in [2.45, 2.75) is 12.1 Å². The minimum Gasteiger partial charge on any atom is -0.510 e. The summed E-state index contributed by atoms with van der Waals surface area (Å²) in [5.41, 5.74) is 9.35. The minimum absolute atomic E-state index is 0. The molecule has 0 saturated heterocycles. The molecule has 0 bridgehead atoms. The van der Waals surface area contributed by atoms with Crippen molar-refractivity contribution in [2.24, 2.45) is 11.5 Å². The largest absolute Gasteiger partial charge is 0.510 e. The number of halogens is 2. The van der Waals surface area contributed by atoms with Gasteiger partial charge in [-0.15, -0.1) is 24.8 Å². The molecule has 0 aromatic carbocycles. The summed E-state index contributed by atoms with van der Waals surface area (Å²) in [6.45, 7) is 0. The van der Waals surface area contributed by atoms with Gasteiger partial charge in [-0.1, -0.05) is 0 Å². The summed E-state index contributed by atoms with van der Waals surface area (Å²) in [5.74, 6) is -0.0625. The van der Waals surface area contributed by atoms with E-state index in [9.17, 15) is 0 Å². The quantitative estimate of drug-likeness (QED) is 0.433. The van der Waals surface area contributed by atoms with Gasteiger partial charge in [0, 0.05) is 0 Å². The molecule has 1 aliphatic rings. The Morgan fingerprint density at radius 1 is 1.42 bits per heavy atom. The van der Waals surface area contributed by atoms with E-state index in [-0.39, 0.29) is 42.7 Å². The van der Waals surface area contributed by atoms with E-state index in [1.165, 1.54) is 12.2 Å². The average Bonchev–Trinajstić information content (AvgIpc) is 1.79. The highest BCUT2D eigenvalue weighted by Gasteiger charge is 2.23. The fourth-order valence-corrected chi connectivity index (χ4v) is 0.759. The molecule has 0 aromatic rings. The highest BCUT2D eigenvalue weighted by atomic mass is 35.5. The van der Waals surface area contributed by atoms with Crippen LogP contribution in [0.15, 0.2) is 23.6 Å². The molecule has 0 aliphatic heterocycles. The van der Waals surface area contributed by atoms with E-state index in [4.69, 9.17) is 21.7 Å². The van der Waals surface area contributed by atoms with Gasteiger partial charge in [-0.05, 0) is 12.2 Å². The first-order valence-electron chi connectivity index (χ1n) is 2.89. The van der Waals surface area contributed by atoms with E-state index in [0.29, 0.717) is 0 Å². The predicted molar refractivity (Wildman–Crippen MR) is 51.2 cm³/mol. The second-order valence-electron chi connectivity index (χ2n) is 2.40. The molecular weight excluding hydrogens is 203 g/mol. The van der Waals surface area contributed by atoms with Gasteiger partial charge >= 0.3 is 0 Å². The van der Waals surface area contributed by atoms with E-state index in [1.54, 1.807) is 0 Å². The van der Waals surface area contributed by atoms with Gasteiger partial charge < -0.3 is 15.9 Å². The Balaban J connectivity index is 0. The summed E-state index contributed by atoms with van der Waals surface area (Å²) >= 11 is 0. The lowest BCUT2D eigenvalue weighted by molar-refractivity contribution is 0.0831. The van der Waals surface area contributed by atoms with Crippen LogP contribution >= 0.6 is 24.8 Å². The average molecular weight is 215 g/mol. The number of hydrogen-bond acceptors (Lipinski definition) is 4. The van der Waals surface area contributed by atoms with Crippen molar-refractivity contribution >= 4 is 24.8 Å². The Kier molecular flexibility index (Phi) is 5.38. The zero-order chi connectivity index (χ0) is 7.78. The molecule has 0 amide bonds. The molecule has 1 rings (SSSR count). The maximum Gasteiger partial charge on any atom is 0.140 e. The van der Waals surface area contributed by atoms with E-state index in [2.05, 4.69) is 0 Å². The second kappa shape index (κ2) is 4.57. The molecule has 1 unspecified atom stereocenters. The molecule has 6 N–H and O–H groups in total. The fraction of sp³-hybridized carbons (Fsp3) is 0.333. The lowest BCUT2D eigenvalue weighted by Gasteiger charge is -2.22. The van der Waals surface area contributed by atoms with Gasteiger partial charge in [-0.3, -0.25) is 5.73 Å². The van der Waals surface area contributed by atoms with E-state index < -0.39 is 5.72 Å². The van der Waals surface area contributed by atoms with Crippen molar-refractivity contribution in [3.63, 3.8) is 0 Å². The van der Waals surface area contributed by atoms with Crippen LogP contribution in [0.3, 0.4) is 0 Å². The Morgan fingerprint density at radius 2 is 1.92 bits per heavy atom. The van der Waals surface area contributed by atoms with Crippen LogP contribution in [-0.2, 0) is 0 Å². The van der Waals surface area contributed by atoms with Crippen LogP contribution in [0.25, 0.3) is 0 Å². The first kappa shape index (κ1) is 14.1. The Bertz CT molecular complexity index is 214. The fourth-order valence-electron chi connectivity index (χ4n) is 0.759. The summed E-state index contributed by atoms with van der Waals surface area (Å²) in [6.07, 6.45) is 2.72. The third-order valence-corrected chi connectivity index (χ3v) is 1.34. The highest BCUT2D eigenvalue weighted by molar-refractivity contribution is 5.85. The lowest BCUT2D eigenvalue weighted by Crippen LogP contribution is -2.39. The lowest BCUT2D eigenvalue weighted by atomic mass is 10.0. The molecule has 0 spiro atoms. The molecule has 0 saturated carbocycles. The summed E-state index contributed by atoms with van der Waals surface area (Å²) in [7, 11) is 0. The van der Waals surface area contributed by atoms with Gasteiger partial charge in [0.1, 0.15) is 11.5 Å². The van der Waals surface area contributed by atoms with E-state index >= 15 is 0 Å². The van der Waals surface area contributed by atoms with Gasteiger partial charge in [0.25, 0.3) is 0 Å². The molecule has 12 heavy (non-hydrogen) atoms. The zero-order valence-electron chi connectivity index (χ0n) is 6.23. The Hall–Kier alpha value is -0.420. The topological polar surface area (TPSA) is 92.5 Å². The van der Waals surface area contributed by atoms with Crippen LogP contribution < -0.4 is 11.5 Å². The van der Waals surface area contributed by atoms with Crippen LogP contribution in [0.1, 0.15) is 6.42 Å². The third kappa shape index (κ3) is 3.32. The number of aliphatic hydroxyl groups excluding tert-OH is 1. The molecule has 0 aromatic heterocycles. The predicted octanol–water partition coefficient (Wildman–Crippen LogP) is 0.166. The van der Waals surface area contributed by atoms with E-state index in [0.717, 1.165) is 0 Å². The standard InChI is InChI=1S/C6H10N2O2.2ClH/c7-4-1-2-6(8,10)3-5(4)9;;/h1-2,9-10H,3,7-8H2;2*1H. The van der Waals surface area contributed by atoms with Gasteiger partial charge in [0.2, 0.25) is 0 Å². The Morgan fingerprint density at radius 3 is 2.25 bits per heavy atom. The van der Waals surface area contributed by atoms with Crippen LogP contribution in [0, 0.1) is 0 Å². The molecule has 0 radical (unpaired) electrons. The maximum absolute atomic E-state index is 9.10. The smallest absolute Gasteiger partial charge is 0.140 e. The van der Waals surface area contributed by atoms with E-state index in [1.807, 2.05) is 0 Å². The first-order chi connectivity index (χ1) is 4.51. The summed E-state index contributed by atoms with van der Waals surface area (Å²) in [5, 5.41) is 18.1. The molecule has 6 heteroatoms. The molecule has 0 heterocycles. The molecule has 1 aliphatic carbocycles. The summed E-state index contributed by atoms with van der Waals surface area (Å²) in [6, 6.07) is 0.